The van der Waals surface area contributed by atoms with E-state index in [4.69, 9.17) is 19.9 Å². The number of ketones is 1. The first kappa shape index (κ1) is 36.1. The molecular weight excluding hydrogens is 622 g/mol. The number of hydrogen-bond acceptors (Lipinski definition) is 18. The van der Waals surface area contributed by atoms with Crippen LogP contribution in [0, 0.1) is 6.92 Å². The molecule has 2 aliphatic rings. The summed E-state index contributed by atoms with van der Waals surface area (Å²) < 4.78 is 15.9. The molecule has 44 heavy (non-hydrogen) atoms. The fourth-order valence-corrected chi connectivity index (χ4v) is 6.25. The number of carbonyl (C=O) groups excluding carboxylic acids is 1. The van der Waals surface area contributed by atoms with E-state index in [0.29, 0.717) is 25.6 Å². The average Bonchev–Trinajstić information content (AvgIpc) is 3.67. The molecule has 0 radical (unpaired) electrons. The first-order valence-electron chi connectivity index (χ1n) is 13.9. The molecular formula is C26H41N5O11S2. The monoisotopic (exact) mass is 663 g/mol. The van der Waals surface area contributed by atoms with Gasteiger partial charge in [0.1, 0.15) is 59.9 Å². The number of anilines is 1. The fourth-order valence-electron chi connectivity index (χ4n) is 4.47. The highest BCUT2D eigenvalue weighted by molar-refractivity contribution is 7.19. The predicted molar refractivity (Wildman–Crippen MR) is 160 cm³/mol. The number of carbonyl (C=O) groups is 1. The molecule has 11 N–H and O–H groups in total. The van der Waals surface area contributed by atoms with Gasteiger partial charge in [-0.2, -0.15) is 0 Å². The summed E-state index contributed by atoms with van der Waals surface area (Å²) >= 11 is 2.13. The van der Waals surface area contributed by atoms with Crippen molar-refractivity contribution in [3.05, 3.63) is 32.9 Å². The van der Waals surface area contributed by atoms with E-state index < -0.39 is 67.8 Å². The van der Waals surface area contributed by atoms with Crippen LogP contribution in [0.15, 0.2) is 12.4 Å². The van der Waals surface area contributed by atoms with Gasteiger partial charge in [0, 0.05) is 26.4 Å². The molecule has 0 aliphatic carbocycles. The Balaban J connectivity index is 0.00000259. The van der Waals surface area contributed by atoms with Crippen LogP contribution >= 0.6 is 22.7 Å². The lowest BCUT2D eigenvalue weighted by Crippen LogP contribution is -2.60. The number of rotatable bonds is 11. The fraction of sp³-hybridized carbons (Fsp3) is 0.654. The van der Waals surface area contributed by atoms with Gasteiger partial charge in [-0.1, -0.05) is 25.2 Å². The standard InChI is InChI=1S/C24H35N5O11S2.C2H6/c1-8-21(42-22(29-8)9(25)3-26-4-10-14(31)19(36)20(37)23(38-2)40-10)17(34)13-6-28-24(41-13)27-5-11-15(32)18(35)16(33)12(7-30)39-11;1-2/h3,6,10-12,14-16,18-20,23,26,30-33,35-37H,4-5,7,25H2,1-2H3,(H,27,28);1-2H3/b9-3-;/t10?,11-,12?,14-,15?,16-,18?,19?,20?,23+;/m1./s1. The number of aliphatic hydroxyl groups is 7. The van der Waals surface area contributed by atoms with Crippen molar-refractivity contribution < 1.29 is 54.8 Å². The van der Waals surface area contributed by atoms with Gasteiger partial charge in [-0.15, -0.1) is 11.3 Å². The number of ether oxygens (including phenoxy) is 3. The summed E-state index contributed by atoms with van der Waals surface area (Å²) in [5, 5.41) is 76.0. The third kappa shape index (κ3) is 8.08. The number of aromatic nitrogens is 2. The second-order valence-electron chi connectivity index (χ2n) is 9.80. The summed E-state index contributed by atoms with van der Waals surface area (Å²) in [4.78, 5) is 22.4. The highest BCUT2D eigenvalue weighted by atomic mass is 32.1. The summed E-state index contributed by atoms with van der Waals surface area (Å²) in [6.07, 6.45) is -9.73. The van der Waals surface area contributed by atoms with Crippen LogP contribution in [0.4, 0.5) is 5.13 Å². The molecule has 10 atom stereocenters. The number of aryl methyl sites for hydroxylation is 1. The van der Waals surface area contributed by atoms with Crippen LogP contribution in [0.1, 0.15) is 39.1 Å². The quantitative estimate of drug-likeness (QED) is 0.114. The van der Waals surface area contributed by atoms with E-state index in [1.807, 2.05) is 13.8 Å². The number of nitrogens with one attached hydrogen (secondary N) is 2. The van der Waals surface area contributed by atoms with E-state index in [2.05, 4.69) is 20.6 Å². The molecule has 4 heterocycles. The van der Waals surface area contributed by atoms with Crippen LogP contribution in [0.25, 0.3) is 5.70 Å². The van der Waals surface area contributed by atoms with Crippen molar-refractivity contribution in [2.24, 2.45) is 5.73 Å². The molecule has 2 aromatic rings. The first-order chi connectivity index (χ1) is 21.0. The summed E-state index contributed by atoms with van der Waals surface area (Å²) in [6, 6.07) is 0. The van der Waals surface area contributed by atoms with Crippen LogP contribution in [0.5, 0.6) is 0 Å². The minimum atomic E-state index is -1.49. The zero-order valence-electron chi connectivity index (χ0n) is 24.6. The zero-order chi connectivity index (χ0) is 32.7. The van der Waals surface area contributed by atoms with Gasteiger partial charge in [-0.05, 0) is 6.92 Å². The highest BCUT2D eigenvalue weighted by Crippen LogP contribution is 2.29. The molecule has 0 aromatic carbocycles. The van der Waals surface area contributed by atoms with Crippen molar-refractivity contribution in [3.8, 4) is 0 Å². The largest absolute Gasteiger partial charge is 0.395 e. The highest BCUT2D eigenvalue weighted by Gasteiger charge is 2.44. The van der Waals surface area contributed by atoms with Crippen molar-refractivity contribution in [3.63, 3.8) is 0 Å². The van der Waals surface area contributed by atoms with E-state index in [1.54, 1.807) is 6.92 Å². The van der Waals surface area contributed by atoms with E-state index in [0.717, 1.165) is 22.7 Å². The number of aliphatic hydroxyl groups excluding tert-OH is 7. The summed E-state index contributed by atoms with van der Waals surface area (Å²) in [5.41, 5.74) is 6.81. The minimum Gasteiger partial charge on any atom is -0.395 e. The Hall–Kier alpha value is -2.33. The average molecular weight is 664 g/mol. The maximum Gasteiger partial charge on any atom is 0.216 e. The molecule has 6 unspecified atom stereocenters. The van der Waals surface area contributed by atoms with Crippen LogP contribution in [0.2, 0.25) is 0 Å². The molecule has 2 saturated heterocycles. The lowest BCUT2D eigenvalue weighted by Gasteiger charge is -2.40. The van der Waals surface area contributed by atoms with Crippen LogP contribution in [-0.2, 0) is 14.2 Å². The Morgan fingerprint density at radius 1 is 0.977 bits per heavy atom. The van der Waals surface area contributed by atoms with Gasteiger partial charge in [0.05, 0.1) is 33.9 Å². The molecule has 18 heteroatoms. The number of nitrogens with two attached hydrogens (primary N) is 1. The normalized spacial score (nSPS) is 32.5. The summed E-state index contributed by atoms with van der Waals surface area (Å²) in [5.74, 6) is -0.327. The van der Waals surface area contributed by atoms with Gasteiger partial charge in [0.25, 0.3) is 0 Å². The third-order valence-corrected chi connectivity index (χ3v) is 9.06. The van der Waals surface area contributed by atoms with Gasteiger partial charge in [0.2, 0.25) is 5.78 Å². The molecule has 16 nitrogen and oxygen atoms in total. The maximum absolute atomic E-state index is 13.2. The van der Waals surface area contributed by atoms with Gasteiger partial charge < -0.3 is 66.3 Å². The number of nitrogens with zero attached hydrogens (tertiary/aromatic N) is 2. The van der Waals surface area contributed by atoms with Crippen molar-refractivity contribution in [1.82, 2.24) is 15.3 Å². The molecule has 2 aliphatic heterocycles. The van der Waals surface area contributed by atoms with E-state index in [-0.39, 0.29) is 24.6 Å². The molecule has 248 valence electrons. The SMILES string of the molecule is CC.CO[C@H]1OC(CN/C=C(\N)c2nc(C)c(C(=O)c3cnc(NC[C@H]4OC(CO)[C@@H](O)C(O)C4O)s3)s2)[C@@H](O)C(O)C1O. The minimum absolute atomic E-state index is 0.00472. The maximum atomic E-state index is 13.2. The summed E-state index contributed by atoms with van der Waals surface area (Å²) in [6.45, 7) is 5.15. The van der Waals surface area contributed by atoms with Crippen molar-refractivity contribution in [1.29, 1.82) is 0 Å². The van der Waals surface area contributed by atoms with Crippen LogP contribution < -0.4 is 16.4 Å². The van der Waals surface area contributed by atoms with E-state index in [1.165, 1.54) is 19.5 Å². The second-order valence-corrected chi connectivity index (χ2v) is 11.8. The molecule has 0 spiro atoms. The van der Waals surface area contributed by atoms with Gasteiger partial charge in [-0.3, -0.25) is 4.79 Å². The van der Waals surface area contributed by atoms with Gasteiger partial charge in [0.15, 0.2) is 11.4 Å². The van der Waals surface area contributed by atoms with Gasteiger partial charge in [-0.25, -0.2) is 9.97 Å². The molecule has 0 saturated carbocycles. The molecule has 2 aromatic heterocycles. The number of hydrogen-bond donors (Lipinski definition) is 10. The molecule has 0 bridgehead atoms. The van der Waals surface area contributed by atoms with Crippen LogP contribution in [-0.4, -0.2) is 140 Å². The van der Waals surface area contributed by atoms with E-state index in [9.17, 15) is 40.5 Å². The van der Waals surface area contributed by atoms with Crippen molar-refractivity contribution in [2.75, 3.05) is 32.1 Å². The number of methoxy groups -OCH3 is 1. The number of thiazole rings is 2. The van der Waals surface area contributed by atoms with Gasteiger partial charge >= 0.3 is 0 Å². The summed E-state index contributed by atoms with van der Waals surface area (Å²) in [7, 11) is 1.30. The first-order valence-corrected chi connectivity index (χ1v) is 15.5. The zero-order valence-corrected chi connectivity index (χ0v) is 26.2. The van der Waals surface area contributed by atoms with Crippen molar-refractivity contribution in [2.45, 2.75) is 82.0 Å². The Kier molecular flexibility index (Phi) is 13.4. The topological polar surface area (TPSA) is 262 Å². The van der Waals surface area contributed by atoms with Crippen LogP contribution in [0.3, 0.4) is 0 Å². The second kappa shape index (κ2) is 16.3. The Labute approximate surface area is 261 Å². The lowest BCUT2D eigenvalue weighted by molar-refractivity contribution is -0.288. The third-order valence-electron chi connectivity index (χ3n) is 6.90. The lowest BCUT2D eigenvalue weighted by atomic mass is 9.95. The van der Waals surface area contributed by atoms with Crippen molar-refractivity contribution >= 4 is 39.3 Å². The molecule has 2 fully saturated rings. The van der Waals surface area contributed by atoms with E-state index >= 15 is 0 Å². The smallest absolute Gasteiger partial charge is 0.216 e. The Bertz CT molecular complexity index is 1240. The Morgan fingerprint density at radius 2 is 1.59 bits per heavy atom. The molecule has 4 rings (SSSR count). The molecule has 0 amide bonds. The predicted octanol–water partition coefficient (Wildman–Crippen LogP) is -2.28. The Morgan fingerprint density at radius 3 is 2.23 bits per heavy atom.